The normalized spacial score (nSPS) is 12.0. The van der Waals surface area contributed by atoms with E-state index in [4.69, 9.17) is 0 Å². The molecule has 0 atom stereocenters. The van der Waals surface area contributed by atoms with Crippen LogP contribution < -0.4 is 31.8 Å². The van der Waals surface area contributed by atoms with Crippen LogP contribution in [0.2, 0.25) is 0 Å². The molecule has 8 aromatic carbocycles. The number of hydrogen-bond acceptors (Lipinski definition) is 0. The molecule has 0 bridgehead atoms. The zero-order valence-electron chi connectivity index (χ0n) is 33.3. The van der Waals surface area contributed by atoms with Crippen LogP contribution in [0.25, 0.3) is 21.8 Å². The molecule has 5 heteroatoms. The van der Waals surface area contributed by atoms with Gasteiger partial charge in [0.2, 0.25) is 0 Å². The van der Waals surface area contributed by atoms with Crippen molar-refractivity contribution < 1.29 is 0 Å². The Morgan fingerprint density at radius 2 is 0.661 bits per heavy atom. The SMILES string of the molecule is CCCCn1c2cc(C[P+](c3ccccc3)(c3ccccc3)c3ccccc3)c(Br)cc2c2cc(Br)c(C[P+](c3ccccc3)(c3ccccc3)c3ccccc3)cc21. The second-order valence-corrected chi connectivity index (χ2v) is 24.1. The van der Waals surface area contributed by atoms with Crippen LogP contribution in [0.1, 0.15) is 30.9 Å². The predicted octanol–water partition coefficient (Wildman–Crippen LogP) is 13.1. The minimum Gasteiger partial charge on any atom is -0.340 e. The van der Waals surface area contributed by atoms with Gasteiger partial charge in [-0.25, -0.2) is 0 Å². The summed E-state index contributed by atoms with van der Waals surface area (Å²) < 4.78 is 4.95. The molecule has 290 valence electrons. The molecule has 9 aromatic rings. The van der Waals surface area contributed by atoms with E-state index < -0.39 is 14.5 Å². The highest BCUT2D eigenvalue weighted by Gasteiger charge is 2.47. The summed E-state index contributed by atoms with van der Waals surface area (Å²) in [7, 11) is -4.24. The third-order valence-corrected chi connectivity index (χ3v) is 22.1. The molecular formula is C54H47Br2NP2+2. The minimum absolute atomic E-state index is 0.907. The number of halogens is 2. The molecule has 0 spiro atoms. The Bertz CT molecular complexity index is 2430. The van der Waals surface area contributed by atoms with Crippen molar-refractivity contribution in [2.75, 3.05) is 0 Å². The Kier molecular flexibility index (Phi) is 11.8. The van der Waals surface area contributed by atoms with Gasteiger partial charge in [-0.3, -0.25) is 0 Å². The van der Waals surface area contributed by atoms with Crippen molar-refractivity contribution in [2.45, 2.75) is 38.6 Å². The van der Waals surface area contributed by atoms with Gasteiger partial charge in [0.15, 0.2) is 0 Å². The van der Waals surface area contributed by atoms with E-state index in [0.717, 1.165) is 40.7 Å². The van der Waals surface area contributed by atoms with Crippen LogP contribution >= 0.6 is 46.4 Å². The third-order valence-electron chi connectivity index (χ3n) is 11.9. The van der Waals surface area contributed by atoms with Crippen molar-refractivity contribution in [3.05, 3.63) is 226 Å². The smallest absolute Gasteiger partial charge is 0.116 e. The first kappa shape index (κ1) is 39.8. The fraction of sp³-hybridized carbons (Fsp3) is 0.111. The number of fused-ring (bicyclic) bond motifs is 3. The topological polar surface area (TPSA) is 4.93 Å². The molecule has 0 saturated carbocycles. The summed E-state index contributed by atoms with van der Waals surface area (Å²) in [5.41, 5.74) is 5.28. The van der Waals surface area contributed by atoms with Gasteiger partial charge in [0.25, 0.3) is 0 Å². The van der Waals surface area contributed by atoms with Gasteiger partial charge in [-0.1, -0.05) is 154 Å². The first-order chi connectivity index (χ1) is 29.0. The van der Waals surface area contributed by atoms with Crippen LogP contribution in [0.15, 0.2) is 215 Å². The lowest BCUT2D eigenvalue weighted by molar-refractivity contribution is 0.664. The van der Waals surface area contributed by atoms with Crippen LogP contribution in [0.4, 0.5) is 0 Å². The summed E-state index contributed by atoms with van der Waals surface area (Å²) in [6.45, 7) is 3.26. The molecule has 1 heterocycles. The van der Waals surface area contributed by atoms with Crippen LogP contribution in [0.5, 0.6) is 0 Å². The van der Waals surface area contributed by atoms with Crippen molar-refractivity contribution in [3.8, 4) is 0 Å². The maximum absolute atomic E-state index is 4.19. The molecule has 1 nitrogen and oxygen atoms in total. The van der Waals surface area contributed by atoms with Gasteiger partial charge in [-0.2, -0.15) is 0 Å². The second-order valence-electron chi connectivity index (χ2n) is 15.4. The Morgan fingerprint density at radius 1 is 0.390 bits per heavy atom. The van der Waals surface area contributed by atoms with Crippen LogP contribution in [-0.2, 0) is 18.9 Å². The molecule has 0 radical (unpaired) electrons. The molecule has 0 N–H and O–H groups in total. The van der Waals surface area contributed by atoms with Gasteiger partial charge < -0.3 is 4.57 Å². The lowest BCUT2D eigenvalue weighted by Crippen LogP contribution is -2.32. The van der Waals surface area contributed by atoms with Crippen LogP contribution in [0, 0.1) is 0 Å². The van der Waals surface area contributed by atoms with Crippen LogP contribution in [0.3, 0.4) is 0 Å². The molecule has 59 heavy (non-hydrogen) atoms. The number of nitrogens with zero attached hydrogens (tertiary/aromatic N) is 1. The van der Waals surface area contributed by atoms with Gasteiger partial charge in [-0.15, -0.1) is 0 Å². The number of benzene rings is 8. The Hall–Kier alpha value is -4.62. The number of aryl methyl sites for hydroxylation is 1. The van der Waals surface area contributed by atoms with Crippen LogP contribution in [-0.4, -0.2) is 4.57 Å². The lowest BCUT2D eigenvalue weighted by atomic mass is 10.1. The summed E-state index contributed by atoms with van der Waals surface area (Å²) in [6.07, 6.45) is 4.05. The maximum atomic E-state index is 4.19. The summed E-state index contributed by atoms with van der Waals surface area (Å²) in [5, 5.41) is 10.9. The predicted molar refractivity (Wildman–Crippen MR) is 267 cm³/mol. The van der Waals surface area contributed by atoms with E-state index in [1.165, 1.54) is 64.8 Å². The monoisotopic (exact) mass is 929 g/mol. The number of hydrogen-bond donors (Lipinski definition) is 0. The molecule has 1 aromatic heterocycles. The quantitative estimate of drug-likeness (QED) is 0.102. The molecule has 0 aliphatic rings. The Labute approximate surface area is 367 Å². The van der Waals surface area contributed by atoms with E-state index in [1.807, 2.05) is 0 Å². The Balaban J connectivity index is 1.25. The zero-order chi connectivity index (χ0) is 40.2. The summed E-state index contributed by atoms with van der Waals surface area (Å²) in [6, 6.07) is 77.3. The van der Waals surface area contributed by atoms with E-state index in [0.29, 0.717) is 0 Å². The standard InChI is InChI=1S/C54H47Br2NP2/c1-2-3-34-57-53-35-41(39-58(43-22-10-4-11-23-43,44-24-12-5-13-25-44)45-26-14-6-15-27-45)51(55)37-49(53)50-38-52(56)42(36-54(50)57)40-59(46-28-16-7-17-29-46,47-30-18-8-19-31-47)48-32-20-9-21-33-48/h4-33,35-38H,2-3,34,39-40H2,1H3/q+2. The fourth-order valence-corrected chi connectivity index (χ4v) is 19.0. The highest BCUT2D eigenvalue weighted by atomic mass is 79.9. The number of unbranched alkanes of at least 4 members (excludes halogenated alkanes) is 1. The highest BCUT2D eigenvalue weighted by Crippen LogP contribution is 2.60. The minimum atomic E-state index is -2.12. The molecule has 0 unspecified atom stereocenters. The average Bonchev–Trinajstić information content (AvgIpc) is 3.58. The summed E-state index contributed by atoms with van der Waals surface area (Å²) >= 11 is 8.37. The van der Waals surface area contributed by atoms with Gasteiger partial charge >= 0.3 is 0 Å². The van der Waals surface area contributed by atoms with Crippen molar-refractivity contribution >= 4 is 100 Å². The number of aromatic nitrogens is 1. The maximum Gasteiger partial charge on any atom is 0.116 e. The average molecular weight is 932 g/mol. The molecule has 0 aliphatic carbocycles. The highest BCUT2D eigenvalue weighted by molar-refractivity contribution is 9.10. The fourth-order valence-electron chi connectivity index (χ4n) is 9.07. The first-order valence-electron chi connectivity index (χ1n) is 20.6. The van der Waals surface area contributed by atoms with Gasteiger partial charge in [0.1, 0.15) is 46.4 Å². The van der Waals surface area contributed by atoms with Crippen molar-refractivity contribution in [3.63, 3.8) is 0 Å². The van der Waals surface area contributed by atoms with E-state index in [9.17, 15) is 0 Å². The molecule has 9 rings (SSSR count). The van der Waals surface area contributed by atoms with E-state index in [1.54, 1.807) is 0 Å². The van der Waals surface area contributed by atoms with Gasteiger partial charge in [-0.05, 0) is 103 Å². The molecule has 0 saturated heterocycles. The van der Waals surface area contributed by atoms with E-state index >= 15 is 0 Å². The van der Waals surface area contributed by atoms with Crippen molar-refractivity contribution in [1.82, 2.24) is 4.57 Å². The second kappa shape index (κ2) is 17.5. The molecule has 0 aliphatic heterocycles. The van der Waals surface area contributed by atoms with E-state index in [-0.39, 0.29) is 0 Å². The van der Waals surface area contributed by atoms with Gasteiger partial charge in [0.05, 0.1) is 12.3 Å². The van der Waals surface area contributed by atoms with Crippen molar-refractivity contribution in [1.29, 1.82) is 0 Å². The molecule has 0 amide bonds. The van der Waals surface area contributed by atoms with Gasteiger partial charge in [0, 0.05) is 48.4 Å². The Morgan fingerprint density at radius 3 is 0.915 bits per heavy atom. The molecular weight excluding hydrogens is 884 g/mol. The van der Waals surface area contributed by atoms with E-state index in [2.05, 4.69) is 250 Å². The molecule has 0 fully saturated rings. The third kappa shape index (κ3) is 7.47. The first-order valence-corrected chi connectivity index (χ1v) is 26.1. The number of rotatable bonds is 13. The largest absolute Gasteiger partial charge is 0.340 e. The lowest BCUT2D eigenvalue weighted by Gasteiger charge is -2.28. The summed E-state index contributed by atoms with van der Waals surface area (Å²) in [4.78, 5) is 0. The summed E-state index contributed by atoms with van der Waals surface area (Å²) in [5.74, 6) is 0. The zero-order valence-corrected chi connectivity index (χ0v) is 38.2. The van der Waals surface area contributed by atoms with Crippen molar-refractivity contribution in [2.24, 2.45) is 0 Å².